The number of halogens is 1. The second-order valence-corrected chi connectivity index (χ2v) is 11.8. The van der Waals surface area contributed by atoms with Crippen molar-refractivity contribution in [1.82, 2.24) is 4.57 Å². The third-order valence-electron chi connectivity index (χ3n) is 8.90. The highest BCUT2D eigenvalue weighted by Crippen LogP contribution is 2.46. The van der Waals surface area contributed by atoms with E-state index in [4.69, 9.17) is 0 Å². The summed E-state index contributed by atoms with van der Waals surface area (Å²) >= 11 is 0. The Morgan fingerprint density at radius 3 is 2.51 bits per heavy atom. The fraction of sp³-hybridized carbons (Fsp3) is 0.500. The number of allylic oxidation sites excluding steroid dienone is 1. The summed E-state index contributed by atoms with van der Waals surface area (Å²) < 4.78 is 16.9. The molecule has 1 aromatic heterocycles. The first kappa shape index (κ1) is 25.9. The van der Waals surface area contributed by atoms with Crippen LogP contribution in [0.2, 0.25) is 0 Å². The fourth-order valence-electron chi connectivity index (χ4n) is 6.63. The summed E-state index contributed by atoms with van der Waals surface area (Å²) in [6.45, 7) is 13.5. The van der Waals surface area contributed by atoms with Gasteiger partial charge in [-0.1, -0.05) is 38.3 Å². The first-order valence-corrected chi connectivity index (χ1v) is 14.5. The summed E-state index contributed by atoms with van der Waals surface area (Å²) in [4.78, 5) is 4.68. The van der Waals surface area contributed by atoms with E-state index < -0.39 is 0 Å². The summed E-state index contributed by atoms with van der Waals surface area (Å²) in [7, 11) is 0. The standard InChI is InChI=1S/C34H43FN2/c1-6-14-36-21-28-20-33-30(16-23(28)4)31(19-25-17-27(18-25)22(2)3)34(26-10-8-7-9-11-26)37(33)29-12-13-32(35)24(5)15-29/h12-13,15-16,20-21,25-27H,2,6-11,14,17-19H2,1,3-5H3/b36-21-. The van der Waals surface area contributed by atoms with Crippen LogP contribution in [0.1, 0.15) is 99.1 Å². The van der Waals surface area contributed by atoms with Gasteiger partial charge in [-0.05, 0) is 130 Å². The van der Waals surface area contributed by atoms with Gasteiger partial charge in [-0.2, -0.15) is 0 Å². The van der Waals surface area contributed by atoms with Crippen molar-refractivity contribution in [3.05, 3.63) is 76.2 Å². The van der Waals surface area contributed by atoms with Crippen LogP contribution >= 0.6 is 0 Å². The minimum Gasteiger partial charge on any atom is -0.313 e. The molecule has 1 heterocycles. The fourth-order valence-corrected chi connectivity index (χ4v) is 6.63. The molecule has 0 aliphatic heterocycles. The number of aliphatic imine (C=N–C) groups is 1. The molecule has 2 aliphatic carbocycles. The van der Waals surface area contributed by atoms with E-state index in [0.717, 1.165) is 25.1 Å². The Kier molecular flexibility index (Phi) is 7.70. The van der Waals surface area contributed by atoms with Crippen LogP contribution in [0.5, 0.6) is 0 Å². The first-order valence-electron chi connectivity index (χ1n) is 14.5. The SMILES string of the molecule is C=C(C)C1CC(Cc2c(C3CCCCC3)n(-c3ccc(F)c(C)c3)c3cc(/C=N\CCC)c(C)cc23)C1. The van der Waals surface area contributed by atoms with Gasteiger partial charge in [-0.25, -0.2) is 4.39 Å². The zero-order valence-electron chi connectivity index (χ0n) is 23.2. The van der Waals surface area contributed by atoms with E-state index in [9.17, 15) is 4.39 Å². The Balaban J connectivity index is 1.72. The number of aromatic nitrogens is 1. The van der Waals surface area contributed by atoms with Crippen LogP contribution in [0, 0.1) is 31.5 Å². The molecule has 3 heteroatoms. The molecule has 37 heavy (non-hydrogen) atoms. The molecule has 2 nitrogen and oxygen atoms in total. The maximum atomic E-state index is 14.4. The van der Waals surface area contributed by atoms with Gasteiger partial charge in [0.1, 0.15) is 5.82 Å². The lowest BCUT2D eigenvalue weighted by molar-refractivity contribution is 0.227. The third kappa shape index (κ3) is 5.19. The van der Waals surface area contributed by atoms with Crippen molar-refractivity contribution in [2.45, 2.75) is 91.4 Å². The molecule has 0 bridgehead atoms. The van der Waals surface area contributed by atoms with Crippen molar-refractivity contribution in [2.24, 2.45) is 16.8 Å². The van der Waals surface area contributed by atoms with Crippen molar-refractivity contribution in [3.63, 3.8) is 0 Å². The minimum absolute atomic E-state index is 0.136. The van der Waals surface area contributed by atoms with Crippen molar-refractivity contribution < 1.29 is 4.39 Å². The van der Waals surface area contributed by atoms with Crippen LogP contribution in [0.15, 0.2) is 47.5 Å². The Labute approximate surface area is 222 Å². The van der Waals surface area contributed by atoms with Gasteiger partial charge in [0, 0.05) is 29.5 Å². The van der Waals surface area contributed by atoms with Gasteiger partial charge in [0.05, 0.1) is 5.52 Å². The molecule has 2 fully saturated rings. The van der Waals surface area contributed by atoms with E-state index >= 15 is 0 Å². The predicted octanol–water partition coefficient (Wildman–Crippen LogP) is 9.41. The van der Waals surface area contributed by atoms with Gasteiger partial charge in [0.15, 0.2) is 0 Å². The number of aryl methyl sites for hydroxylation is 2. The number of benzene rings is 2. The van der Waals surface area contributed by atoms with Gasteiger partial charge in [0.2, 0.25) is 0 Å². The molecular formula is C34H43FN2. The van der Waals surface area contributed by atoms with E-state index in [1.807, 2.05) is 19.1 Å². The highest BCUT2D eigenvalue weighted by molar-refractivity contribution is 5.95. The molecule has 0 atom stereocenters. The summed E-state index contributed by atoms with van der Waals surface area (Å²) in [6.07, 6.45) is 13.1. The Morgan fingerprint density at radius 1 is 1.08 bits per heavy atom. The quantitative estimate of drug-likeness (QED) is 0.217. The molecule has 2 aromatic carbocycles. The number of rotatable bonds is 8. The largest absolute Gasteiger partial charge is 0.313 e. The van der Waals surface area contributed by atoms with Crippen molar-refractivity contribution in [3.8, 4) is 5.69 Å². The second-order valence-electron chi connectivity index (χ2n) is 11.8. The number of hydrogen-bond acceptors (Lipinski definition) is 1. The van der Waals surface area contributed by atoms with Gasteiger partial charge < -0.3 is 4.57 Å². The van der Waals surface area contributed by atoms with E-state index in [1.165, 1.54) is 83.8 Å². The number of nitrogens with zero attached hydrogens (tertiary/aromatic N) is 2. The topological polar surface area (TPSA) is 17.3 Å². The lowest BCUT2D eigenvalue weighted by atomic mass is 9.69. The van der Waals surface area contributed by atoms with Crippen LogP contribution in [-0.4, -0.2) is 17.3 Å². The van der Waals surface area contributed by atoms with E-state index in [0.29, 0.717) is 23.3 Å². The maximum Gasteiger partial charge on any atom is 0.126 e. The van der Waals surface area contributed by atoms with E-state index in [-0.39, 0.29) is 5.82 Å². The molecule has 0 saturated heterocycles. The Morgan fingerprint density at radius 2 is 1.84 bits per heavy atom. The molecule has 3 aromatic rings. The molecule has 2 aliphatic rings. The summed E-state index contributed by atoms with van der Waals surface area (Å²) in [6, 6.07) is 10.4. The lowest BCUT2D eigenvalue weighted by Gasteiger charge is -2.36. The highest BCUT2D eigenvalue weighted by atomic mass is 19.1. The Bertz CT molecular complexity index is 1320. The molecule has 196 valence electrons. The normalized spacial score (nSPS) is 20.6. The molecule has 0 amide bonds. The van der Waals surface area contributed by atoms with Crippen LogP contribution in [0.3, 0.4) is 0 Å². The van der Waals surface area contributed by atoms with Crippen molar-refractivity contribution in [1.29, 1.82) is 0 Å². The zero-order valence-corrected chi connectivity index (χ0v) is 23.2. The van der Waals surface area contributed by atoms with Crippen LogP contribution in [0.25, 0.3) is 16.6 Å². The molecule has 5 rings (SSSR count). The molecule has 0 spiro atoms. The van der Waals surface area contributed by atoms with Gasteiger partial charge in [0.25, 0.3) is 0 Å². The summed E-state index contributed by atoms with van der Waals surface area (Å²) in [5, 5.41) is 1.38. The van der Waals surface area contributed by atoms with E-state index in [1.54, 1.807) is 6.07 Å². The van der Waals surface area contributed by atoms with Gasteiger partial charge in [-0.3, -0.25) is 4.99 Å². The highest BCUT2D eigenvalue weighted by Gasteiger charge is 2.33. The van der Waals surface area contributed by atoms with Gasteiger partial charge >= 0.3 is 0 Å². The van der Waals surface area contributed by atoms with Crippen molar-refractivity contribution in [2.75, 3.05) is 6.54 Å². The Hall–Kier alpha value is -2.68. The zero-order chi connectivity index (χ0) is 26.1. The molecule has 0 unspecified atom stereocenters. The minimum atomic E-state index is -0.136. The van der Waals surface area contributed by atoms with Crippen LogP contribution in [-0.2, 0) is 6.42 Å². The maximum absolute atomic E-state index is 14.4. The molecule has 2 saturated carbocycles. The average Bonchev–Trinajstić information content (AvgIpc) is 3.16. The molecule has 0 N–H and O–H groups in total. The van der Waals surface area contributed by atoms with Gasteiger partial charge in [-0.15, -0.1) is 0 Å². The number of hydrogen-bond donors (Lipinski definition) is 0. The second kappa shape index (κ2) is 11.0. The summed E-state index contributed by atoms with van der Waals surface area (Å²) in [5.74, 6) is 1.81. The third-order valence-corrected chi connectivity index (χ3v) is 8.90. The van der Waals surface area contributed by atoms with Crippen molar-refractivity contribution >= 4 is 17.1 Å². The van der Waals surface area contributed by atoms with Crippen LogP contribution in [0.4, 0.5) is 4.39 Å². The number of fused-ring (bicyclic) bond motifs is 1. The van der Waals surface area contributed by atoms with Crippen LogP contribution < -0.4 is 0 Å². The predicted molar refractivity (Wildman–Crippen MR) is 156 cm³/mol. The first-order chi connectivity index (χ1) is 17.9. The average molecular weight is 499 g/mol. The summed E-state index contributed by atoms with van der Waals surface area (Å²) in [5.41, 5.74) is 9.87. The lowest BCUT2D eigenvalue weighted by Crippen LogP contribution is -2.26. The smallest absolute Gasteiger partial charge is 0.126 e. The monoisotopic (exact) mass is 498 g/mol. The van der Waals surface area contributed by atoms with E-state index in [2.05, 4.69) is 55.3 Å². The molecular weight excluding hydrogens is 455 g/mol. The molecule has 0 radical (unpaired) electrons.